The lowest BCUT2D eigenvalue weighted by Crippen LogP contribution is -2.34. The van der Waals surface area contributed by atoms with Gasteiger partial charge in [-0.15, -0.1) is 0 Å². The van der Waals surface area contributed by atoms with Gasteiger partial charge in [-0.3, -0.25) is 14.5 Å². The zero-order valence-electron chi connectivity index (χ0n) is 14.7. The van der Waals surface area contributed by atoms with Crippen molar-refractivity contribution in [1.82, 2.24) is 4.90 Å². The molecule has 0 spiro atoms. The Bertz CT molecular complexity index is 872. The highest BCUT2D eigenvalue weighted by Gasteiger charge is 2.30. The van der Waals surface area contributed by atoms with E-state index >= 15 is 0 Å². The summed E-state index contributed by atoms with van der Waals surface area (Å²) in [6, 6.07) is 13.0. The minimum absolute atomic E-state index is 0.0119. The van der Waals surface area contributed by atoms with Crippen molar-refractivity contribution < 1.29 is 19.4 Å². The van der Waals surface area contributed by atoms with Crippen molar-refractivity contribution in [3.8, 4) is 11.5 Å². The monoisotopic (exact) mass is 352 g/mol. The average molecular weight is 352 g/mol. The highest BCUT2D eigenvalue weighted by molar-refractivity contribution is 6.17. The summed E-state index contributed by atoms with van der Waals surface area (Å²) in [6.45, 7) is 3.77. The second kappa shape index (κ2) is 7.41. The lowest BCUT2D eigenvalue weighted by molar-refractivity contribution is -0.137. The van der Waals surface area contributed by atoms with Gasteiger partial charge < -0.3 is 15.2 Å². The Hall–Kier alpha value is -3.12. The van der Waals surface area contributed by atoms with Crippen LogP contribution in [0.15, 0.2) is 54.2 Å². The number of benzene rings is 2. The Kier molecular flexibility index (Phi) is 5.04. The summed E-state index contributed by atoms with van der Waals surface area (Å²) in [7, 11) is 0. The first kappa shape index (κ1) is 17.7. The number of hydrogen-bond donors (Lipinski definition) is 2. The summed E-state index contributed by atoms with van der Waals surface area (Å²) in [4.78, 5) is 24.9. The normalized spacial score (nSPS) is 13.8. The topological polar surface area (TPSA) is 78.9 Å². The molecule has 0 bridgehead atoms. The number of β-amino-alcohol motifs (C(OH)–C–C–N with tert-alkyl or cyclic N) is 1. The lowest BCUT2D eigenvalue weighted by Gasteiger charge is -2.14. The number of ether oxygens (including phenoxy) is 1. The molecule has 0 fully saturated rings. The third-order valence-electron chi connectivity index (χ3n) is 4.25. The number of hydrogen-bond acceptors (Lipinski definition) is 5. The SMILES string of the molecule is Cc1cccc(Oc2ccc(NC3=CC(=O)N(CCO)C3=O)cc2)c1C. The number of imide groups is 1. The summed E-state index contributed by atoms with van der Waals surface area (Å²) < 4.78 is 5.90. The van der Waals surface area contributed by atoms with Gasteiger partial charge in [0, 0.05) is 11.8 Å². The van der Waals surface area contributed by atoms with Crippen LogP contribution in [-0.4, -0.2) is 35.0 Å². The zero-order valence-corrected chi connectivity index (χ0v) is 14.7. The summed E-state index contributed by atoms with van der Waals surface area (Å²) in [5.74, 6) is 0.597. The number of nitrogens with zero attached hydrogens (tertiary/aromatic N) is 1. The van der Waals surface area contributed by atoms with Crippen LogP contribution in [0.2, 0.25) is 0 Å². The summed E-state index contributed by atoms with van der Waals surface area (Å²) in [5.41, 5.74) is 3.09. The molecule has 1 aliphatic heterocycles. The number of aliphatic hydroxyl groups excluding tert-OH is 1. The second-order valence-electron chi connectivity index (χ2n) is 6.03. The summed E-state index contributed by atoms with van der Waals surface area (Å²) >= 11 is 0. The van der Waals surface area contributed by atoms with E-state index in [1.165, 1.54) is 6.08 Å². The molecule has 0 saturated carbocycles. The first-order valence-corrected chi connectivity index (χ1v) is 8.29. The van der Waals surface area contributed by atoms with Crippen molar-refractivity contribution >= 4 is 17.5 Å². The van der Waals surface area contributed by atoms with Crippen molar-refractivity contribution in [3.63, 3.8) is 0 Å². The molecule has 134 valence electrons. The predicted octanol–water partition coefficient (Wildman–Crippen LogP) is 2.75. The van der Waals surface area contributed by atoms with Crippen molar-refractivity contribution in [2.75, 3.05) is 18.5 Å². The van der Waals surface area contributed by atoms with Gasteiger partial charge in [-0.25, -0.2) is 0 Å². The number of carbonyl (C=O) groups excluding carboxylic acids is 2. The van der Waals surface area contributed by atoms with Crippen LogP contribution >= 0.6 is 0 Å². The molecule has 2 amide bonds. The fourth-order valence-electron chi connectivity index (χ4n) is 2.63. The molecule has 0 radical (unpaired) electrons. The van der Waals surface area contributed by atoms with Crippen LogP contribution in [0, 0.1) is 13.8 Å². The van der Waals surface area contributed by atoms with Crippen LogP contribution in [-0.2, 0) is 9.59 Å². The molecular weight excluding hydrogens is 332 g/mol. The number of nitrogens with one attached hydrogen (secondary N) is 1. The first-order chi connectivity index (χ1) is 12.5. The van der Waals surface area contributed by atoms with Crippen molar-refractivity contribution in [3.05, 3.63) is 65.4 Å². The number of amides is 2. The maximum atomic E-state index is 12.1. The highest BCUT2D eigenvalue weighted by Crippen LogP contribution is 2.28. The van der Waals surface area contributed by atoms with Gasteiger partial charge in [0.15, 0.2) is 0 Å². The van der Waals surface area contributed by atoms with E-state index in [4.69, 9.17) is 9.84 Å². The van der Waals surface area contributed by atoms with E-state index in [2.05, 4.69) is 5.32 Å². The predicted molar refractivity (Wildman–Crippen MR) is 97.9 cm³/mol. The molecule has 6 nitrogen and oxygen atoms in total. The molecule has 1 heterocycles. The Morgan fingerprint density at radius 2 is 1.81 bits per heavy atom. The summed E-state index contributed by atoms with van der Waals surface area (Å²) in [6.07, 6.45) is 1.23. The standard InChI is InChI=1S/C20H20N2O4/c1-13-4-3-5-18(14(13)2)26-16-8-6-15(7-9-16)21-17-12-19(24)22(10-11-23)20(17)25/h3-9,12,21,23H,10-11H2,1-2H3. The smallest absolute Gasteiger partial charge is 0.277 e. The van der Waals surface area contributed by atoms with E-state index in [-0.39, 0.29) is 18.8 Å². The maximum Gasteiger partial charge on any atom is 0.277 e. The van der Waals surface area contributed by atoms with Crippen LogP contribution in [0.5, 0.6) is 11.5 Å². The maximum absolute atomic E-state index is 12.1. The molecule has 0 atom stereocenters. The van der Waals surface area contributed by atoms with E-state index in [1.54, 1.807) is 24.3 Å². The van der Waals surface area contributed by atoms with Gasteiger partial charge in [-0.2, -0.15) is 0 Å². The molecule has 6 heteroatoms. The van der Waals surface area contributed by atoms with Crippen LogP contribution in [0.3, 0.4) is 0 Å². The highest BCUT2D eigenvalue weighted by atomic mass is 16.5. The molecule has 0 saturated heterocycles. The minimum atomic E-state index is -0.445. The van der Waals surface area contributed by atoms with E-state index in [0.717, 1.165) is 21.8 Å². The molecule has 0 aliphatic carbocycles. The van der Waals surface area contributed by atoms with Crippen LogP contribution in [0.4, 0.5) is 5.69 Å². The first-order valence-electron chi connectivity index (χ1n) is 8.29. The number of rotatable bonds is 6. The van der Waals surface area contributed by atoms with Gasteiger partial charge in [0.2, 0.25) is 0 Å². The Morgan fingerprint density at radius 3 is 2.50 bits per heavy atom. The molecule has 26 heavy (non-hydrogen) atoms. The van der Waals surface area contributed by atoms with Crippen molar-refractivity contribution in [1.29, 1.82) is 0 Å². The van der Waals surface area contributed by atoms with E-state index < -0.39 is 11.8 Å². The second-order valence-corrected chi connectivity index (χ2v) is 6.03. The number of aliphatic hydroxyl groups is 1. The fraction of sp³-hybridized carbons (Fsp3) is 0.200. The largest absolute Gasteiger partial charge is 0.457 e. The molecule has 0 aromatic heterocycles. The molecule has 1 aliphatic rings. The lowest BCUT2D eigenvalue weighted by atomic mass is 10.1. The Morgan fingerprint density at radius 1 is 1.08 bits per heavy atom. The van der Waals surface area contributed by atoms with E-state index in [0.29, 0.717) is 11.4 Å². The Labute approximate surface area is 151 Å². The zero-order chi connectivity index (χ0) is 18.7. The third kappa shape index (κ3) is 3.60. The van der Waals surface area contributed by atoms with Gasteiger partial charge >= 0.3 is 0 Å². The van der Waals surface area contributed by atoms with E-state index in [9.17, 15) is 9.59 Å². The minimum Gasteiger partial charge on any atom is -0.457 e. The van der Waals surface area contributed by atoms with Crippen molar-refractivity contribution in [2.45, 2.75) is 13.8 Å². The van der Waals surface area contributed by atoms with Gasteiger partial charge in [-0.1, -0.05) is 12.1 Å². The number of aryl methyl sites for hydroxylation is 1. The molecule has 2 aromatic carbocycles. The molecule has 0 unspecified atom stereocenters. The van der Waals surface area contributed by atoms with Gasteiger partial charge in [0.1, 0.15) is 17.2 Å². The van der Waals surface area contributed by atoms with Gasteiger partial charge in [0.25, 0.3) is 11.8 Å². The fourth-order valence-corrected chi connectivity index (χ4v) is 2.63. The van der Waals surface area contributed by atoms with E-state index in [1.807, 2.05) is 32.0 Å². The molecule has 2 aromatic rings. The molecule has 3 rings (SSSR count). The number of anilines is 1. The average Bonchev–Trinajstić information content (AvgIpc) is 2.88. The molecule has 2 N–H and O–H groups in total. The van der Waals surface area contributed by atoms with Gasteiger partial charge in [0.05, 0.1) is 13.2 Å². The van der Waals surface area contributed by atoms with Crippen LogP contribution in [0.25, 0.3) is 0 Å². The van der Waals surface area contributed by atoms with Gasteiger partial charge in [-0.05, 0) is 55.3 Å². The quantitative estimate of drug-likeness (QED) is 0.782. The third-order valence-corrected chi connectivity index (χ3v) is 4.25. The molecular formula is C20H20N2O4. The number of carbonyl (C=O) groups is 2. The van der Waals surface area contributed by atoms with Crippen molar-refractivity contribution in [2.24, 2.45) is 0 Å². The van der Waals surface area contributed by atoms with Crippen LogP contribution in [0.1, 0.15) is 11.1 Å². The summed E-state index contributed by atoms with van der Waals surface area (Å²) in [5, 5.41) is 11.9. The van der Waals surface area contributed by atoms with Crippen LogP contribution < -0.4 is 10.1 Å². The Balaban J connectivity index is 1.69.